The molecule has 104 valence electrons. The van der Waals surface area contributed by atoms with Gasteiger partial charge in [-0.3, -0.25) is 9.69 Å². The van der Waals surface area contributed by atoms with E-state index in [1.54, 1.807) is 0 Å². The van der Waals surface area contributed by atoms with Gasteiger partial charge in [0.15, 0.2) is 0 Å². The smallest absolute Gasteiger partial charge is 0.234 e. The summed E-state index contributed by atoms with van der Waals surface area (Å²) in [5, 5.41) is 3.06. The van der Waals surface area contributed by atoms with E-state index in [4.69, 9.17) is 18.0 Å². The summed E-state index contributed by atoms with van der Waals surface area (Å²) >= 11 is 5.08. The lowest BCUT2D eigenvalue weighted by atomic mass is 10.0. The average Bonchev–Trinajstić information content (AvgIpc) is 2.36. The molecular weight excluding hydrogens is 246 g/mol. The molecule has 0 saturated carbocycles. The van der Waals surface area contributed by atoms with Gasteiger partial charge in [-0.25, -0.2) is 0 Å². The molecule has 0 aromatic rings. The maximum Gasteiger partial charge on any atom is 0.234 e. The van der Waals surface area contributed by atoms with Crippen LogP contribution >= 0.6 is 12.2 Å². The molecule has 0 bridgehead atoms. The average molecular weight is 271 g/mol. The summed E-state index contributed by atoms with van der Waals surface area (Å²) in [6.07, 6.45) is 5.19. The number of likely N-dealkylation sites (tertiary alicyclic amines) is 1. The molecule has 1 fully saturated rings. The zero-order valence-corrected chi connectivity index (χ0v) is 12.3. The topological polar surface area (TPSA) is 58.4 Å². The van der Waals surface area contributed by atoms with Crippen LogP contribution in [0.2, 0.25) is 0 Å². The van der Waals surface area contributed by atoms with Gasteiger partial charge in [-0.05, 0) is 32.2 Å². The molecule has 0 spiro atoms. The lowest BCUT2D eigenvalue weighted by molar-refractivity contribution is -0.123. The first kappa shape index (κ1) is 15.4. The molecular formula is C13H25N3OS. The largest absolute Gasteiger partial charge is 0.392 e. The number of nitrogens with one attached hydrogen (secondary N) is 1. The van der Waals surface area contributed by atoms with Crippen LogP contribution in [-0.4, -0.2) is 41.0 Å². The summed E-state index contributed by atoms with van der Waals surface area (Å²) in [5.74, 6) is 0.0897. The van der Waals surface area contributed by atoms with Gasteiger partial charge in [0.1, 0.15) is 0 Å². The molecule has 1 amide bonds. The van der Waals surface area contributed by atoms with E-state index < -0.39 is 0 Å². The summed E-state index contributed by atoms with van der Waals surface area (Å²) in [7, 11) is 0. The van der Waals surface area contributed by atoms with Crippen molar-refractivity contribution in [3.63, 3.8) is 0 Å². The number of amides is 1. The fourth-order valence-corrected chi connectivity index (χ4v) is 2.72. The number of carbonyl (C=O) groups excluding carboxylic acids is 1. The molecule has 0 radical (unpaired) electrons. The van der Waals surface area contributed by atoms with E-state index in [0.717, 1.165) is 38.6 Å². The zero-order chi connectivity index (χ0) is 13.5. The number of hydrogen-bond acceptors (Lipinski definition) is 3. The van der Waals surface area contributed by atoms with Crippen LogP contribution in [0.3, 0.4) is 0 Å². The number of nitrogens with zero attached hydrogens (tertiary/aromatic N) is 1. The van der Waals surface area contributed by atoms with Crippen LogP contribution in [0.5, 0.6) is 0 Å². The minimum absolute atomic E-state index is 0.0897. The van der Waals surface area contributed by atoms with Crippen LogP contribution in [0, 0.1) is 0 Å². The van der Waals surface area contributed by atoms with Gasteiger partial charge in [0.2, 0.25) is 5.91 Å². The number of rotatable bonds is 6. The van der Waals surface area contributed by atoms with Crippen LogP contribution in [0.4, 0.5) is 0 Å². The SMILES string of the molecule is CCC(CC)NC(=O)CN1CCCCC1C(N)=S. The van der Waals surface area contributed by atoms with Crippen molar-refractivity contribution in [3.8, 4) is 0 Å². The van der Waals surface area contributed by atoms with Crippen LogP contribution in [0.15, 0.2) is 0 Å². The standard InChI is InChI=1S/C13H25N3OS/c1-3-10(4-2)15-12(17)9-16-8-6-5-7-11(16)13(14)18/h10-11H,3-9H2,1-2H3,(H2,14,18)(H,15,17). The predicted molar refractivity (Wildman–Crippen MR) is 78.5 cm³/mol. The molecule has 1 rings (SSSR count). The van der Waals surface area contributed by atoms with Gasteiger partial charge in [0.25, 0.3) is 0 Å². The van der Waals surface area contributed by atoms with Gasteiger partial charge < -0.3 is 11.1 Å². The second-order valence-electron chi connectivity index (χ2n) is 4.97. The highest BCUT2D eigenvalue weighted by Gasteiger charge is 2.26. The number of hydrogen-bond donors (Lipinski definition) is 2. The van der Waals surface area contributed by atoms with Crippen LogP contribution < -0.4 is 11.1 Å². The molecule has 0 aromatic carbocycles. The van der Waals surface area contributed by atoms with Crippen LogP contribution in [0.25, 0.3) is 0 Å². The van der Waals surface area contributed by atoms with Gasteiger partial charge in [-0.1, -0.05) is 32.5 Å². The van der Waals surface area contributed by atoms with Crippen molar-refractivity contribution in [2.24, 2.45) is 5.73 Å². The Kier molecular flexibility index (Phi) is 6.57. The molecule has 0 aromatic heterocycles. The highest BCUT2D eigenvalue weighted by molar-refractivity contribution is 7.80. The Labute approximate surface area is 115 Å². The number of piperidine rings is 1. The van der Waals surface area contributed by atoms with Crippen molar-refractivity contribution in [1.29, 1.82) is 0 Å². The molecule has 1 aliphatic rings. The summed E-state index contributed by atoms with van der Waals surface area (Å²) in [5.41, 5.74) is 5.74. The van der Waals surface area contributed by atoms with Crippen LogP contribution in [0.1, 0.15) is 46.0 Å². The Morgan fingerprint density at radius 3 is 2.67 bits per heavy atom. The molecule has 5 heteroatoms. The van der Waals surface area contributed by atoms with Gasteiger partial charge in [0.05, 0.1) is 17.6 Å². The Morgan fingerprint density at radius 2 is 2.11 bits per heavy atom. The lowest BCUT2D eigenvalue weighted by Crippen LogP contribution is -2.51. The van der Waals surface area contributed by atoms with E-state index in [9.17, 15) is 4.79 Å². The van der Waals surface area contributed by atoms with E-state index in [-0.39, 0.29) is 18.0 Å². The zero-order valence-electron chi connectivity index (χ0n) is 11.4. The Morgan fingerprint density at radius 1 is 1.44 bits per heavy atom. The van der Waals surface area contributed by atoms with Crippen molar-refractivity contribution in [2.45, 2.75) is 58.0 Å². The normalized spacial score (nSPS) is 20.9. The quantitative estimate of drug-likeness (QED) is 0.718. The first-order valence-electron chi connectivity index (χ1n) is 6.91. The van der Waals surface area contributed by atoms with E-state index in [0.29, 0.717) is 11.5 Å². The van der Waals surface area contributed by atoms with E-state index in [1.165, 1.54) is 0 Å². The molecule has 0 aliphatic carbocycles. The third kappa shape index (κ3) is 4.53. The summed E-state index contributed by atoms with van der Waals surface area (Å²) in [6.45, 7) is 5.51. The van der Waals surface area contributed by atoms with Gasteiger partial charge in [-0.15, -0.1) is 0 Å². The first-order valence-corrected chi connectivity index (χ1v) is 7.32. The molecule has 18 heavy (non-hydrogen) atoms. The highest BCUT2D eigenvalue weighted by atomic mass is 32.1. The Bertz CT molecular complexity index is 292. The minimum Gasteiger partial charge on any atom is -0.392 e. The maximum atomic E-state index is 12.0. The van der Waals surface area contributed by atoms with E-state index in [2.05, 4.69) is 24.1 Å². The molecule has 1 aliphatic heterocycles. The number of thiocarbonyl (C=S) groups is 1. The molecule has 1 saturated heterocycles. The van der Waals surface area contributed by atoms with Crippen LogP contribution in [-0.2, 0) is 4.79 Å². The monoisotopic (exact) mass is 271 g/mol. The Hall–Kier alpha value is -0.680. The van der Waals surface area contributed by atoms with Gasteiger partial charge in [-0.2, -0.15) is 0 Å². The molecule has 3 N–H and O–H groups in total. The Balaban J connectivity index is 2.48. The fraction of sp³-hybridized carbons (Fsp3) is 0.846. The van der Waals surface area contributed by atoms with Gasteiger partial charge >= 0.3 is 0 Å². The fourth-order valence-electron chi connectivity index (χ4n) is 2.45. The molecule has 1 unspecified atom stereocenters. The highest BCUT2D eigenvalue weighted by Crippen LogP contribution is 2.16. The summed E-state index contributed by atoms with van der Waals surface area (Å²) in [6, 6.07) is 0.381. The van der Waals surface area contributed by atoms with Crippen molar-refractivity contribution in [1.82, 2.24) is 10.2 Å². The first-order chi connectivity index (χ1) is 8.58. The molecule has 1 atom stereocenters. The van der Waals surface area contributed by atoms with E-state index >= 15 is 0 Å². The second kappa shape index (κ2) is 7.69. The third-order valence-corrected chi connectivity index (χ3v) is 3.91. The van der Waals surface area contributed by atoms with E-state index in [1.807, 2.05) is 0 Å². The molecule has 1 heterocycles. The van der Waals surface area contributed by atoms with Crippen molar-refractivity contribution < 1.29 is 4.79 Å². The number of carbonyl (C=O) groups is 1. The van der Waals surface area contributed by atoms with Crippen molar-refractivity contribution in [2.75, 3.05) is 13.1 Å². The molecule has 4 nitrogen and oxygen atoms in total. The third-order valence-electron chi connectivity index (χ3n) is 3.64. The lowest BCUT2D eigenvalue weighted by Gasteiger charge is -2.34. The minimum atomic E-state index is 0.0897. The number of nitrogens with two attached hydrogens (primary N) is 1. The summed E-state index contributed by atoms with van der Waals surface area (Å²) < 4.78 is 0. The van der Waals surface area contributed by atoms with Crippen molar-refractivity contribution in [3.05, 3.63) is 0 Å². The predicted octanol–water partition coefficient (Wildman–Crippen LogP) is 1.43. The second-order valence-corrected chi connectivity index (χ2v) is 5.44. The maximum absolute atomic E-state index is 12.0. The van der Waals surface area contributed by atoms with Gasteiger partial charge in [0, 0.05) is 6.04 Å². The summed E-state index contributed by atoms with van der Waals surface area (Å²) in [4.78, 5) is 14.6. The van der Waals surface area contributed by atoms with Crippen molar-refractivity contribution >= 4 is 23.1 Å².